The number of aliphatic carboxylic acids is 1. The normalized spacial score (nSPS) is 10.2. The molecule has 2 aromatic carbocycles. The Kier molecular flexibility index (Phi) is 3.75. The van der Waals surface area contributed by atoms with Crippen LogP contribution in [0.4, 0.5) is 8.78 Å². The van der Waals surface area contributed by atoms with Gasteiger partial charge in [-0.3, -0.25) is 0 Å². The summed E-state index contributed by atoms with van der Waals surface area (Å²) in [4.78, 5) is 10.3. The number of halogens is 2. The van der Waals surface area contributed by atoms with Crippen molar-refractivity contribution in [3.63, 3.8) is 0 Å². The van der Waals surface area contributed by atoms with Gasteiger partial charge in [0.15, 0.2) is 6.61 Å². The number of hydrogen-bond donors (Lipinski definition) is 1. The van der Waals surface area contributed by atoms with Crippen LogP contribution in [0.25, 0.3) is 11.1 Å². The first-order chi connectivity index (χ1) is 9.04. The lowest BCUT2D eigenvalue weighted by molar-refractivity contribution is -0.139. The van der Waals surface area contributed by atoms with Crippen molar-refractivity contribution in [2.75, 3.05) is 6.61 Å². The molecule has 5 heteroatoms. The Morgan fingerprint density at radius 2 is 1.58 bits per heavy atom. The Hall–Kier alpha value is -2.43. The molecule has 0 amide bonds. The fourth-order valence-corrected chi connectivity index (χ4v) is 1.61. The van der Waals surface area contributed by atoms with Crippen LogP contribution in [-0.4, -0.2) is 17.7 Å². The molecule has 98 valence electrons. The summed E-state index contributed by atoms with van der Waals surface area (Å²) in [6.07, 6.45) is 0. The van der Waals surface area contributed by atoms with Gasteiger partial charge in [-0.25, -0.2) is 13.6 Å². The van der Waals surface area contributed by atoms with Gasteiger partial charge in [0.05, 0.1) is 0 Å². The molecule has 0 atom stereocenters. The summed E-state index contributed by atoms with van der Waals surface area (Å²) in [5.41, 5.74) is 1.02. The van der Waals surface area contributed by atoms with Gasteiger partial charge in [-0.05, 0) is 35.4 Å². The average Bonchev–Trinajstić information content (AvgIpc) is 2.36. The summed E-state index contributed by atoms with van der Waals surface area (Å²) < 4.78 is 31.1. The molecule has 2 rings (SSSR count). The molecule has 0 saturated heterocycles. The fraction of sp³-hybridized carbons (Fsp3) is 0.0714. The second-order valence-electron chi connectivity index (χ2n) is 3.86. The van der Waals surface area contributed by atoms with E-state index in [1.807, 2.05) is 0 Å². The summed E-state index contributed by atoms with van der Waals surface area (Å²) in [5, 5.41) is 8.46. The maximum Gasteiger partial charge on any atom is 0.341 e. The van der Waals surface area contributed by atoms with Crippen molar-refractivity contribution in [1.82, 2.24) is 0 Å². The third kappa shape index (κ3) is 3.51. The van der Waals surface area contributed by atoms with Crippen LogP contribution >= 0.6 is 0 Å². The van der Waals surface area contributed by atoms with E-state index in [0.29, 0.717) is 16.9 Å². The lowest BCUT2D eigenvalue weighted by atomic mass is 10.1. The topological polar surface area (TPSA) is 46.5 Å². The van der Waals surface area contributed by atoms with Crippen LogP contribution in [0.5, 0.6) is 5.75 Å². The molecule has 0 unspecified atom stereocenters. The molecular weight excluding hydrogens is 254 g/mol. The van der Waals surface area contributed by atoms with E-state index in [1.54, 1.807) is 24.3 Å². The number of hydrogen-bond acceptors (Lipinski definition) is 2. The number of ether oxygens (including phenoxy) is 1. The van der Waals surface area contributed by atoms with E-state index in [9.17, 15) is 13.6 Å². The van der Waals surface area contributed by atoms with Gasteiger partial charge in [-0.15, -0.1) is 0 Å². The largest absolute Gasteiger partial charge is 0.482 e. The number of carboxylic acid groups (broad SMARTS) is 1. The smallest absolute Gasteiger partial charge is 0.341 e. The third-order valence-corrected chi connectivity index (χ3v) is 2.41. The van der Waals surface area contributed by atoms with E-state index in [1.165, 1.54) is 12.1 Å². The van der Waals surface area contributed by atoms with E-state index >= 15 is 0 Å². The van der Waals surface area contributed by atoms with Gasteiger partial charge in [0, 0.05) is 6.07 Å². The highest BCUT2D eigenvalue weighted by molar-refractivity contribution is 5.68. The molecule has 3 nitrogen and oxygen atoms in total. The molecule has 0 saturated carbocycles. The summed E-state index contributed by atoms with van der Waals surface area (Å²) in [7, 11) is 0. The summed E-state index contributed by atoms with van der Waals surface area (Å²) in [5.74, 6) is -2.00. The van der Waals surface area contributed by atoms with Crippen LogP contribution in [0, 0.1) is 11.6 Å². The first-order valence-electron chi connectivity index (χ1n) is 5.46. The zero-order valence-electron chi connectivity index (χ0n) is 9.77. The molecule has 0 aliphatic heterocycles. The van der Waals surface area contributed by atoms with E-state index < -0.39 is 24.2 Å². The first kappa shape index (κ1) is 13.0. The van der Waals surface area contributed by atoms with Crippen molar-refractivity contribution in [2.45, 2.75) is 0 Å². The molecular formula is C14H10F2O3. The number of carbonyl (C=O) groups is 1. The average molecular weight is 264 g/mol. The van der Waals surface area contributed by atoms with Crippen molar-refractivity contribution >= 4 is 5.97 Å². The van der Waals surface area contributed by atoms with E-state index in [-0.39, 0.29) is 0 Å². The maximum absolute atomic E-state index is 13.1. The molecule has 0 heterocycles. The minimum absolute atomic E-state index is 0.378. The second kappa shape index (κ2) is 5.48. The molecule has 19 heavy (non-hydrogen) atoms. The Balaban J connectivity index is 2.19. The highest BCUT2D eigenvalue weighted by atomic mass is 19.1. The van der Waals surface area contributed by atoms with Crippen molar-refractivity contribution < 1.29 is 23.4 Å². The predicted octanol–water partition coefficient (Wildman–Crippen LogP) is 3.10. The zero-order valence-corrected chi connectivity index (χ0v) is 9.77. The van der Waals surface area contributed by atoms with Gasteiger partial charge in [-0.2, -0.15) is 0 Å². The van der Waals surface area contributed by atoms with Crippen LogP contribution < -0.4 is 4.74 Å². The maximum atomic E-state index is 13.1. The Labute approximate surface area is 108 Å². The SMILES string of the molecule is O=C(O)COc1ccc(-c2cc(F)cc(F)c2)cc1. The first-order valence-corrected chi connectivity index (χ1v) is 5.46. The molecule has 2 aromatic rings. The molecule has 0 aliphatic carbocycles. The van der Waals surface area contributed by atoms with Crippen LogP contribution in [0.3, 0.4) is 0 Å². The summed E-state index contributed by atoms with van der Waals surface area (Å²) in [6, 6.07) is 9.53. The summed E-state index contributed by atoms with van der Waals surface area (Å²) in [6.45, 7) is -0.437. The van der Waals surface area contributed by atoms with Crippen molar-refractivity contribution in [3.8, 4) is 16.9 Å². The van der Waals surface area contributed by atoms with Gasteiger partial charge in [0.2, 0.25) is 0 Å². The molecule has 0 radical (unpaired) electrons. The van der Waals surface area contributed by atoms with Crippen LogP contribution in [-0.2, 0) is 4.79 Å². The van der Waals surface area contributed by atoms with E-state index in [2.05, 4.69) is 0 Å². The monoisotopic (exact) mass is 264 g/mol. The standard InChI is InChI=1S/C14H10F2O3/c15-11-5-10(6-12(16)7-11)9-1-3-13(4-2-9)19-8-14(17)18/h1-7H,8H2,(H,17,18). The van der Waals surface area contributed by atoms with Gasteiger partial charge in [0.25, 0.3) is 0 Å². The Morgan fingerprint density at radius 3 is 2.11 bits per heavy atom. The molecule has 0 spiro atoms. The second-order valence-corrected chi connectivity index (χ2v) is 3.86. The highest BCUT2D eigenvalue weighted by Crippen LogP contribution is 2.24. The Bertz CT molecular complexity index is 574. The zero-order chi connectivity index (χ0) is 13.8. The lowest BCUT2D eigenvalue weighted by Gasteiger charge is -2.06. The van der Waals surface area contributed by atoms with Crippen LogP contribution in [0.2, 0.25) is 0 Å². The van der Waals surface area contributed by atoms with Gasteiger partial charge < -0.3 is 9.84 Å². The summed E-state index contributed by atoms with van der Waals surface area (Å²) >= 11 is 0. The third-order valence-electron chi connectivity index (χ3n) is 2.41. The van der Waals surface area contributed by atoms with Gasteiger partial charge in [0.1, 0.15) is 17.4 Å². The highest BCUT2D eigenvalue weighted by Gasteiger charge is 2.04. The number of carboxylic acids is 1. The number of rotatable bonds is 4. The molecule has 1 N–H and O–H groups in total. The number of benzene rings is 2. The Morgan fingerprint density at radius 1 is 1.00 bits per heavy atom. The van der Waals surface area contributed by atoms with E-state index in [4.69, 9.17) is 9.84 Å². The quantitative estimate of drug-likeness (QED) is 0.923. The predicted molar refractivity (Wildman–Crippen MR) is 64.9 cm³/mol. The van der Waals surface area contributed by atoms with Crippen LogP contribution in [0.1, 0.15) is 0 Å². The van der Waals surface area contributed by atoms with Gasteiger partial charge in [-0.1, -0.05) is 12.1 Å². The minimum Gasteiger partial charge on any atom is -0.482 e. The molecule has 0 aliphatic rings. The van der Waals surface area contributed by atoms with Crippen molar-refractivity contribution in [2.24, 2.45) is 0 Å². The fourth-order valence-electron chi connectivity index (χ4n) is 1.61. The van der Waals surface area contributed by atoms with Gasteiger partial charge >= 0.3 is 5.97 Å². The molecule has 0 fully saturated rings. The van der Waals surface area contributed by atoms with Crippen LogP contribution in [0.15, 0.2) is 42.5 Å². The minimum atomic E-state index is -1.07. The molecule has 0 aromatic heterocycles. The molecule has 0 bridgehead atoms. The van der Waals surface area contributed by atoms with Crippen molar-refractivity contribution in [3.05, 3.63) is 54.1 Å². The van der Waals surface area contributed by atoms with Crippen molar-refractivity contribution in [1.29, 1.82) is 0 Å². The van der Waals surface area contributed by atoms with E-state index in [0.717, 1.165) is 6.07 Å². The lowest BCUT2D eigenvalue weighted by Crippen LogP contribution is -2.09.